The fourth-order valence-corrected chi connectivity index (χ4v) is 8.62. The van der Waals surface area contributed by atoms with Crippen LogP contribution in [0.2, 0.25) is 0 Å². The van der Waals surface area contributed by atoms with Crippen LogP contribution in [0.4, 0.5) is 9.59 Å². The summed E-state index contributed by atoms with van der Waals surface area (Å²) in [4.78, 5) is 59.3. The molecule has 5 aromatic rings. The Morgan fingerprint density at radius 2 is 1.34 bits per heavy atom. The Kier molecular flexibility index (Phi) is 16.2. The van der Waals surface area contributed by atoms with Crippen LogP contribution in [0.25, 0.3) is 22.8 Å². The van der Waals surface area contributed by atoms with Gasteiger partial charge in [0, 0.05) is 13.6 Å². The van der Waals surface area contributed by atoms with Crippen LogP contribution in [0, 0.1) is 37.5 Å². The number of carbonyl (C=O) groups is 4. The second-order valence-corrected chi connectivity index (χ2v) is 17.8. The van der Waals surface area contributed by atoms with Gasteiger partial charge in [-0.05, 0) is 100 Å². The molecule has 0 radical (unpaired) electrons. The monoisotopic (exact) mass is 936 g/mol. The normalized spacial score (nSPS) is 19.6. The number of benzene rings is 1. The third kappa shape index (κ3) is 12.6. The topological polar surface area (TPSA) is 257 Å². The van der Waals surface area contributed by atoms with E-state index in [4.69, 9.17) is 28.9 Å². The molecule has 362 valence electrons. The average molecular weight is 937 g/mol. The number of hydrogen-bond acceptors (Lipinski definition) is 14. The molecule has 2 amide bonds. The Bertz CT molecular complexity index is 2550. The van der Waals surface area contributed by atoms with Gasteiger partial charge in [-0.15, -0.1) is 10.2 Å². The molecule has 0 spiro atoms. The second-order valence-electron chi connectivity index (χ2n) is 17.8. The molecule has 2 aliphatic rings. The first-order valence-corrected chi connectivity index (χ1v) is 23.2. The number of carboxylic acid groups (broad SMARTS) is 2. The molecule has 0 aliphatic heterocycles. The van der Waals surface area contributed by atoms with Gasteiger partial charge in [-0.2, -0.15) is 0 Å². The van der Waals surface area contributed by atoms with Gasteiger partial charge < -0.3 is 39.8 Å². The van der Waals surface area contributed by atoms with Crippen LogP contribution in [0.1, 0.15) is 93.6 Å². The van der Waals surface area contributed by atoms with Gasteiger partial charge in [-0.3, -0.25) is 9.59 Å². The van der Waals surface area contributed by atoms with Crippen molar-refractivity contribution in [3.8, 4) is 34.3 Å². The minimum atomic E-state index is -0.930. The van der Waals surface area contributed by atoms with Crippen molar-refractivity contribution in [3.63, 3.8) is 0 Å². The fourth-order valence-electron chi connectivity index (χ4n) is 8.62. The number of rotatable bonds is 19. The first-order valence-electron chi connectivity index (χ1n) is 23.2. The summed E-state index contributed by atoms with van der Waals surface area (Å²) in [5, 5.41) is 43.0. The summed E-state index contributed by atoms with van der Waals surface area (Å²) >= 11 is 0. The Balaban J connectivity index is 1.05. The molecule has 0 bridgehead atoms. The molecule has 7 rings (SSSR count). The van der Waals surface area contributed by atoms with Crippen molar-refractivity contribution in [1.82, 2.24) is 50.6 Å². The number of ether oxygens (including phenoxy) is 4. The Morgan fingerprint density at radius 3 is 1.99 bits per heavy atom. The lowest BCUT2D eigenvalue weighted by molar-refractivity contribution is -0.145. The minimum absolute atomic E-state index is 0.00738. The van der Waals surface area contributed by atoms with Crippen LogP contribution in [0.5, 0.6) is 11.5 Å². The molecule has 2 saturated carbocycles. The Labute approximate surface area is 394 Å². The van der Waals surface area contributed by atoms with Crippen LogP contribution >= 0.6 is 0 Å². The first kappa shape index (κ1) is 48.8. The highest BCUT2D eigenvalue weighted by Gasteiger charge is 2.36. The van der Waals surface area contributed by atoms with Crippen LogP contribution in [-0.4, -0.2) is 93.1 Å². The molecular weight excluding hydrogens is 877 g/mol. The molecule has 20 heteroatoms. The maximum absolute atomic E-state index is 12.9. The molecule has 68 heavy (non-hydrogen) atoms. The number of nitrogens with zero attached hydrogens (tertiary/aromatic N) is 8. The van der Waals surface area contributed by atoms with Crippen molar-refractivity contribution in [2.45, 2.75) is 118 Å². The summed E-state index contributed by atoms with van der Waals surface area (Å²) < 4.78 is 26.9. The number of carbonyl (C=O) groups excluding carboxylic acids is 2. The van der Waals surface area contributed by atoms with Crippen molar-refractivity contribution in [2.75, 3.05) is 6.61 Å². The maximum Gasteiger partial charge on any atom is 0.407 e. The van der Waals surface area contributed by atoms with Crippen molar-refractivity contribution >= 4 is 24.1 Å². The van der Waals surface area contributed by atoms with Gasteiger partial charge in [0.25, 0.3) is 0 Å². The smallest absolute Gasteiger partial charge is 0.407 e. The Morgan fingerprint density at radius 1 is 0.735 bits per heavy atom. The van der Waals surface area contributed by atoms with E-state index in [1.807, 2.05) is 51.1 Å². The van der Waals surface area contributed by atoms with E-state index in [2.05, 4.69) is 31.3 Å². The number of aryl methyl sites for hydroxylation is 3. The van der Waals surface area contributed by atoms with E-state index in [1.165, 1.54) is 0 Å². The lowest BCUT2D eigenvalue weighted by atomic mass is 9.79. The van der Waals surface area contributed by atoms with E-state index >= 15 is 0 Å². The number of alkyl carbamates (subject to hydrolysis) is 2. The minimum Gasteiger partial charge on any atom is -0.489 e. The zero-order valence-electron chi connectivity index (χ0n) is 39.1. The van der Waals surface area contributed by atoms with Crippen LogP contribution < -0.4 is 20.1 Å². The first-order chi connectivity index (χ1) is 32.7. The largest absolute Gasteiger partial charge is 0.489 e. The van der Waals surface area contributed by atoms with E-state index in [0.717, 1.165) is 24.8 Å². The molecule has 2 fully saturated rings. The van der Waals surface area contributed by atoms with Gasteiger partial charge in [0.15, 0.2) is 0 Å². The van der Waals surface area contributed by atoms with Crippen molar-refractivity contribution < 1.29 is 48.3 Å². The van der Waals surface area contributed by atoms with E-state index in [1.54, 1.807) is 47.6 Å². The lowest BCUT2D eigenvalue weighted by Gasteiger charge is -2.33. The fraction of sp³-hybridized carbons (Fsp3) is 0.500. The predicted octanol–water partition coefficient (Wildman–Crippen LogP) is 6.82. The zero-order chi connectivity index (χ0) is 48.3. The highest BCUT2D eigenvalue weighted by atomic mass is 16.6. The molecule has 1 aromatic carbocycles. The van der Waals surface area contributed by atoms with Gasteiger partial charge in [-0.1, -0.05) is 61.0 Å². The van der Waals surface area contributed by atoms with Crippen LogP contribution in [0.3, 0.4) is 0 Å². The molecular formula is C48H60N10O10. The summed E-state index contributed by atoms with van der Waals surface area (Å²) in [6.45, 7) is 8.39. The highest BCUT2D eigenvalue weighted by molar-refractivity contribution is 5.71. The highest BCUT2D eigenvalue weighted by Crippen LogP contribution is 2.36. The number of amides is 2. The third-order valence-corrected chi connectivity index (χ3v) is 12.7. The van der Waals surface area contributed by atoms with E-state index in [9.17, 15) is 29.4 Å². The lowest BCUT2D eigenvalue weighted by Crippen LogP contribution is -2.36. The quantitative estimate of drug-likeness (QED) is 0.0662. The molecule has 4 aromatic heterocycles. The number of hydrogen-bond donors (Lipinski definition) is 4. The zero-order valence-corrected chi connectivity index (χ0v) is 39.1. The molecule has 4 N–H and O–H groups in total. The van der Waals surface area contributed by atoms with E-state index < -0.39 is 42.1 Å². The molecule has 2 aliphatic carbocycles. The van der Waals surface area contributed by atoms with Gasteiger partial charge in [0.05, 0.1) is 77.9 Å². The van der Waals surface area contributed by atoms with Crippen LogP contribution in [-0.2, 0) is 52.4 Å². The van der Waals surface area contributed by atoms with Crippen molar-refractivity contribution in [1.29, 1.82) is 0 Å². The summed E-state index contributed by atoms with van der Waals surface area (Å²) in [6.07, 6.45) is 2.65. The molecule has 6 atom stereocenters. The van der Waals surface area contributed by atoms with E-state index in [0.29, 0.717) is 82.7 Å². The second kappa shape index (κ2) is 22.6. The Hall–Kier alpha value is -7.12. The molecule has 0 saturated heterocycles. The predicted molar refractivity (Wildman–Crippen MR) is 245 cm³/mol. The van der Waals surface area contributed by atoms with Gasteiger partial charge in [0.1, 0.15) is 29.5 Å². The SMILES string of the molecule is CC[C@H](C)COC(=O)NCc1c(-c2ccc(O[C@H]3CCC[C@H](C(=O)O)C3)c(C)n2)nnn1CC1CC(C(=O)O)C[C@@H](Oc2ccc(-c3nnn(C)c3CNC(=O)OCc3ccccc3)nc2C)C1. The summed E-state index contributed by atoms with van der Waals surface area (Å²) in [5.41, 5.74) is 5.07. The maximum atomic E-state index is 12.9. The molecule has 4 heterocycles. The standard InChI is InChI=1S/C48H60N10O10/c1-6-28(2)26-65-47(63)50-24-40-44(38-16-17-41(29(3)52-38)67-35-14-10-13-33(21-35)45(59)60)54-56-58(40)25-32-19-34(46(61)62)22-36(20-32)68-42-18-15-37(51-30(42)4)43-39(57(5)55-53-43)23-49-48(64)66-27-31-11-8-7-9-12-31/h7-9,11-12,15-18,28,32-36H,6,10,13-14,19-27H2,1-5H3,(H,49,64)(H,50,63)(H,59,60)(H,61,62)/t28-,32?,33-,34?,35-,36-/m0/s1. The van der Waals surface area contributed by atoms with Gasteiger partial charge in [-0.25, -0.2) is 28.9 Å². The average Bonchev–Trinajstić information content (AvgIpc) is 3.91. The van der Waals surface area contributed by atoms with Gasteiger partial charge in [0.2, 0.25) is 0 Å². The van der Waals surface area contributed by atoms with Crippen LogP contribution in [0.15, 0.2) is 54.6 Å². The summed E-state index contributed by atoms with van der Waals surface area (Å²) in [6, 6.07) is 16.4. The van der Waals surface area contributed by atoms with Crippen molar-refractivity contribution in [2.24, 2.45) is 30.7 Å². The van der Waals surface area contributed by atoms with E-state index in [-0.39, 0.29) is 57.2 Å². The third-order valence-electron chi connectivity index (χ3n) is 12.7. The van der Waals surface area contributed by atoms with Crippen molar-refractivity contribution in [3.05, 3.63) is 82.9 Å². The summed E-state index contributed by atoms with van der Waals surface area (Å²) in [7, 11) is 1.72. The summed E-state index contributed by atoms with van der Waals surface area (Å²) in [5.74, 6) is -1.89. The number of aromatic nitrogens is 8. The number of carboxylic acids is 2. The molecule has 20 nitrogen and oxygen atoms in total. The van der Waals surface area contributed by atoms with Gasteiger partial charge >= 0.3 is 24.1 Å². The molecule has 2 unspecified atom stereocenters. The number of aliphatic carboxylic acids is 2. The number of nitrogens with one attached hydrogen (secondary N) is 2. The number of pyridine rings is 2.